The molecule has 1 aromatic heterocycles. The monoisotopic (exact) mass is 363 g/mol. The van der Waals surface area contributed by atoms with Gasteiger partial charge in [-0.25, -0.2) is 0 Å². The van der Waals surface area contributed by atoms with Crippen LogP contribution in [0.4, 0.5) is 0 Å². The summed E-state index contributed by atoms with van der Waals surface area (Å²) in [6.45, 7) is 11.6. The van der Waals surface area contributed by atoms with E-state index in [0.29, 0.717) is 0 Å². The maximum Gasteiger partial charge on any atom is 0.202 e. The molecule has 0 unspecified atom stereocenters. The Morgan fingerprint density at radius 1 is 1.20 bits per heavy atom. The summed E-state index contributed by atoms with van der Waals surface area (Å²) in [4.78, 5) is 3.17. The van der Waals surface area contributed by atoms with E-state index < -0.39 is 0 Å². The second-order valence-corrected chi connectivity index (χ2v) is 7.21. The van der Waals surface area contributed by atoms with E-state index in [-0.39, 0.29) is 0 Å². The Morgan fingerprint density at radius 2 is 1.92 bits per heavy atom. The number of methoxy groups -OCH3 is 1. The molecule has 1 aliphatic rings. The number of nitrogens with zero attached hydrogens (tertiary/aromatic N) is 3. The Bertz CT molecular complexity index is 761. The van der Waals surface area contributed by atoms with Gasteiger partial charge in [-0.3, -0.25) is 0 Å². The molecule has 1 aliphatic heterocycles. The Morgan fingerprint density at radius 3 is 2.56 bits per heavy atom. The highest BCUT2D eigenvalue weighted by atomic mass is 32.1. The predicted molar refractivity (Wildman–Crippen MR) is 99.6 cm³/mol. The third kappa shape index (κ3) is 4.29. The van der Waals surface area contributed by atoms with Crippen molar-refractivity contribution in [2.45, 2.75) is 33.6 Å². The van der Waals surface area contributed by atoms with Gasteiger partial charge in [-0.1, -0.05) is 11.6 Å². The Kier molecular flexibility index (Phi) is 5.88. The second kappa shape index (κ2) is 8.12. The number of piperazine rings is 1. The van der Waals surface area contributed by atoms with Crippen LogP contribution in [0.3, 0.4) is 0 Å². The molecule has 1 aromatic carbocycles. The Hall–Kier alpha value is -1.70. The van der Waals surface area contributed by atoms with Crippen LogP contribution in [0.25, 0.3) is 0 Å². The van der Waals surface area contributed by atoms with Crippen LogP contribution in [0.5, 0.6) is 5.75 Å². The molecule has 0 spiro atoms. The number of benzene rings is 1. The minimum atomic E-state index is 0.828. The summed E-state index contributed by atoms with van der Waals surface area (Å²) in [5.41, 5.74) is 2.60. The fraction of sp³-hybridized carbons (Fsp3) is 0.556. The molecule has 0 atom stereocenters. The Labute approximate surface area is 154 Å². The fourth-order valence-corrected chi connectivity index (χ4v) is 3.80. The van der Waals surface area contributed by atoms with Gasteiger partial charge in [-0.15, -0.1) is 0 Å². The predicted octanol–water partition coefficient (Wildman–Crippen LogP) is -0.308. The number of ether oxygens (including phenoxy) is 1. The van der Waals surface area contributed by atoms with Crippen molar-refractivity contribution in [2.75, 3.05) is 33.3 Å². The number of aryl methyl sites for hydroxylation is 2. The number of quaternary nitrogens is 2. The van der Waals surface area contributed by atoms with Crippen LogP contribution in [0, 0.1) is 11.7 Å². The van der Waals surface area contributed by atoms with Gasteiger partial charge in [0.2, 0.25) is 4.77 Å². The molecule has 2 heterocycles. The molecule has 0 saturated carbocycles. The molecule has 0 amide bonds. The topological polar surface area (TPSA) is 40.9 Å². The molecule has 136 valence electrons. The van der Waals surface area contributed by atoms with Crippen LogP contribution in [-0.4, -0.2) is 47.6 Å². The van der Waals surface area contributed by atoms with Gasteiger partial charge in [-0.2, -0.15) is 9.78 Å². The second-order valence-electron chi connectivity index (χ2n) is 6.85. The highest BCUT2D eigenvalue weighted by Crippen LogP contribution is 2.18. The van der Waals surface area contributed by atoms with E-state index in [1.54, 1.807) is 16.9 Å². The van der Waals surface area contributed by atoms with E-state index in [1.165, 1.54) is 11.1 Å². The largest absolute Gasteiger partial charge is 0.496 e. The summed E-state index contributed by atoms with van der Waals surface area (Å²) in [6, 6.07) is 6.44. The van der Waals surface area contributed by atoms with Gasteiger partial charge in [0.25, 0.3) is 0 Å². The van der Waals surface area contributed by atoms with Crippen molar-refractivity contribution in [2.24, 2.45) is 0 Å². The Balaban J connectivity index is 1.56. The van der Waals surface area contributed by atoms with Crippen molar-refractivity contribution in [1.29, 1.82) is 0 Å². The highest BCUT2D eigenvalue weighted by molar-refractivity contribution is 7.71. The van der Waals surface area contributed by atoms with Crippen LogP contribution < -0.4 is 14.5 Å². The normalized spacial score (nSPS) is 20.6. The van der Waals surface area contributed by atoms with Gasteiger partial charge in [-0.05, 0) is 38.2 Å². The van der Waals surface area contributed by atoms with Crippen molar-refractivity contribution >= 4 is 12.2 Å². The zero-order chi connectivity index (χ0) is 17.8. The standard InChI is InChI=1S/C18H27N5OS/c1-4-22-13-19-23(18(22)25)14-21-9-7-20(8-10-21)12-16-11-15(2)5-6-17(16)24-3/h5-6,11,13H,4,7-10,12,14H2,1-3H3/p+2. The van der Waals surface area contributed by atoms with Crippen LogP contribution >= 0.6 is 12.2 Å². The number of rotatable bonds is 6. The molecule has 1 fully saturated rings. The molecule has 2 N–H and O–H groups in total. The molecule has 0 bridgehead atoms. The van der Waals surface area contributed by atoms with Crippen molar-refractivity contribution < 1.29 is 14.5 Å². The SMILES string of the molecule is CCn1cnn(C[NH+]2CC[NH+](Cc3cc(C)ccc3OC)CC2)c1=S. The number of hydrogen-bond acceptors (Lipinski definition) is 3. The molecule has 3 rings (SSSR count). The van der Waals surface area contributed by atoms with Crippen molar-refractivity contribution in [3.05, 3.63) is 40.4 Å². The van der Waals surface area contributed by atoms with Gasteiger partial charge in [0.15, 0.2) is 6.67 Å². The quantitative estimate of drug-likeness (QED) is 0.692. The molecule has 0 radical (unpaired) electrons. The van der Waals surface area contributed by atoms with Gasteiger partial charge >= 0.3 is 0 Å². The first kappa shape index (κ1) is 18.1. The summed E-state index contributed by atoms with van der Waals surface area (Å²) in [7, 11) is 1.75. The number of aromatic nitrogens is 3. The lowest BCUT2D eigenvalue weighted by Crippen LogP contribution is -3.27. The minimum Gasteiger partial charge on any atom is -0.496 e. The van der Waals surface area contributed by atoms with Gasteiger partial charge < -0.3 is 19.1 Å². The van der Waals surface area contributed by atoms with E-state index >= 15 is 0 Å². The maximum atomic E-state index is 5.52. The molecule has 0 aliphatic carbocycles. The van der Waals surface area contributed by atoms with Crippen molar-refractivity contribution in [3.8, 4) is 5.75 Å². The maximum absolute atomic E-state index is 5.52. The zero-order valence-electron chi connectivity index (χ0n) is 15.4. The number of hydrogen-bond donors (Lipinski definition) is 2. The first-order valence-corrected chi connectivity index (χ1v) is 9.44. The lowest BCUT2D eigenvalue weighted by Gasteiger charge is -2.29. The molecular formula is C18H29N5OS+2. The summed E-state index contributed by atoms with van der Waals surface area (Å²) in [6.07, 6.45) is 1.84. The van der Waals surface area contributed by atoms with E-state index in [2.05, 4.69) is 37.1 Å². The summed E-state index contributed by atoms with van der Waals surface area (Å²) in [5, 5.41) is 4.43. The first-order chi connectivity index (χ1) is 12.1. The van der Waals surface area contributed by atoms with Crippen LogP contribution in [0.1, 0.15) is 18.1 Å². The summed E-state index contributed by atoms with van der Waals surface area (Å²) >= 11 is 5.47. The summed E-state index contributed by atoms with van der Waals surface area (Å²) in [5.74, 6) is 1.00. The summed E-state index contributed by atoms with van der Waals surface area (Å²) < 4.78 is 10.3. The molecule has 1 saturated heterocycles. The lowest BCUT2D eigenvalue weighted by atomic mass is 10.1. The highest BCUT2D eigenvalue weighted by Gasteiger charge is 2.24. The van der Waals surface area contributed by atoms with E-state index in [9.17, 15) is 0 Å². The van der Waals surface area contributed by atoms with Gasteiger partial charge in [0.1, 0.15) is 44.8 Å². The minimum absolute atomic E-state index is 0.828. The average Bonchev–Trinajstić information content (AvgIpc) is 2.97. The smallest absolute Gasteiger partial charge is 0.202 e. The van der Waals surface area contributed by atoms with E-state index in [0.717, 1.165) is 56.5 Å². The zero-order valence-corrected chi connectivity index (χ0v) is 16.2. The van der Waals surface area contributed by atoms with Crippen LogP contribution in [0.15, 0.2) is 24.5 Å². The first-order valence-electron chi connectivity index (χ1n) is 9.03. The van der Waals surface area contributed by atoms with E-state index in [1.807, 2.05) is 15.6 Å². The lowest BCUT2D eigenvalue weighted by molar-refractivity contribution is -1.03. The van der Waals surface area contributed by atoms with Crippen molar-refractivity contribution in [3.63, 3.8) is 0 Å². The molecule has 25 heavy (non-hydrogen) atoms. The molecule has 7 heteroatoms. The average molecular weight is 364 g/mol. The van der Waals surface area contributed by atoms with Crippen LogP contribution in [0.2, 0.25) is 0 Å². The third-order valence-electron chi connectivity index (χ3n) is 5.05. The fourth-order valence-electron chi connectivity index (χ4n) is 3.52. The number of nitrogens with one attached hydrogen (secondary N) is 2. The molecule has 2 aromatic rings. The van der Waals surface area contributed by atoms with Crippen LogP contribution in [-0.2, 0) is 19.8 Å². The third-order valence-corrected chi connectivity index (χ3v) is 5.50. The van der Waals surface area contributed by atoms with Crippen molar-refractivity contribution in [1.82, 2.24) is 14.3 Å². The van der Waals surface area contributed by atoms with Gasteiger partial charge in [0, 0.05) is 12.1 Å². The van der Waals surface area contributed by atoms with E-state index in [4.69, 9.17) is 17.0 Å². The molecule has 6 nitrogen and oxygen atoms in total. The van der Waals surface area contributed by atoms with Gasteiger partial charge in [0.05, 0.1) is 7.11 Å². The molecular weight excluding hydrogens is 334 g/mol.